The average molecular weight is 521 g/mol. The molecule has 2 aliphatic rings. The van der Waals surface area contributed by atoms with Gasteiger partial charge in [-0.1, -0.05) is 44.2 Å². The zero-order chi connectivity index (χ0) is 27.2. The number of nitrogens with one attached hydrogen (secondary N) is 2. The summed E-state index contributed by atoms with van der Waals surface area (Å²) in [5.41, 5.74) is 0.899. The third-order valence-corrected chi connectivity index (χ3v) is 6.79. The molecular weight excluding hydrogens is 489 g/mol. The van der Waals surface area contributed by atoms with Crippen LogP contribution in [0.2, 0.25) is 0 Å². The van der Waals surface area contributed by atoms with Gasteiger partial charge in [0.1, 0.15) is 23.8 Å². The molecule has 0 saturated carbocycles. The number of aromatic nitrogens is 2. The third kappa shape index (κ3) is 6.55. The van der Waals surface area contributed by atoms with Crippen molar-refractivity contribution in [1.82, 2.24) is 25.5 Å². The molecule has 2 aliphatic heterocycles. The second kappa shape index (κ2) is 12.2. The molecular formula is C26H32BN5O6. The van der Waals surface area contributed by atoms with Crippen LogP contribution < -0.4 is 10.6 Å². The fourth-order valence-corrected chi connectivity index (χ4v) is 4.82. The standard InChI is InChI=1S/C26H32BN5O6/c1-16(2)13-22(27-37-25(35)20-9-10-21(32(20)3)26(36)38-27)31-23(33)18(14-17-7-5-4-6-8-17)30-24(34)19-15-28-11-12-29-19/h4-8,11-12,15-16,18,20-22H,9-10,13-14H2,1-3H3,(H,30,34)(H,31,33)/t18?,20-,21+,22-/m0/s1. The minimum Gasteiger partial charge on any atom is -0.497 e. The summed E-state index contributed by atoms with van der Waals surface area (Å²) in [6, 6.07) is 7.19. The molecule has 1 aromatic carbocycles. The van der Waals surface area contributed by atoms with E-state index in [0.717, 1.165) is 5.56 Å². The topological polar surface area (TPSA) is 140 Å². The molecule has 2 fully saturated rings. The summed E-state index contributed by atoms with van der Waals surface area (Å²) < 4.78 is 11.3. The molecule has 4 rings (SSSR count). The van der Waals surface area contributed by atoms with Crippen molar-refractivity contribution in [3.05, 3.63) is 60.2 Å². The lowest BCUT2D eigenvalue weighted by atomic mass is 9.73. The summed E-state index contributed by atoms with van der Waals surface area (Å²) in [6.45, 7) is 3.89. The molecule has 200 valence electrons. The van der Waals surface area contributed by atoms with E-state index in [-0.39, 0.29) is 18.0 Å². The molecule has 4 atom stereocenters. The van der Waals surface area contributed by atoms with Crippen molar-refractivity contribution in [3.8, 4) is 0 Å². The fourth-order valence-electron chi connectivity index (χ4n) is 4.82. The van der Waals surface area contributed by atoms with Gasteiger partial charge in [-0.25, -0.2) is 4.98 Å². The van der Waals surface area contributed by atoms with Gasteiger partial charge in [-0.05, 0) is 37.8 Å². The van der Waals surface area contributed by atoms with E-state index in [0.29, 0.717) is 19.3 Å². The van der Waals surface area contributed by atoms with Crippen molar-refractivity contribution in [3.63, 3.8) is 0 Å². The average Bonchev–Trinajstić information content (AvgIpc) is 3.31. The Balaban J connectivity index is 1.55. The van der Waals surface area contributed by atoms with Crippen molar-refractivity contribution in [2.45, 2.75) is 63.6 Å². The summed E-state index contributed by atoms with van der Waals surface area (Å²) in [5.74, 6) is -2.79. The van der Waals surface area contributed by atoms with Crippen molar-refractivity contribution in [2.75, 3.05) is 7.05 Å². The highest BCUT2D eigenvalue weighted by Gasteiger charge is 2.49. The van der Waals surface area contributed by atoms with Crippen LogP contribution in [-0.4, -0.2) is 76.9 Å². The normalized spacial score (nSPS) is 21.1. The number of fused-ring (bicyclic) bond motifs is 2. The van der Waals surface area contributed by atoms with E-state index in [2.05, 4.69) is 20.6 Å². The van der Waals surface area contributed by atoms with Gasteiger partial charge in [0.25, 0.3) is 5.91 Å². The Morgan fingerprint density at radius 3 is 2.29 bits per heavy atom. The molecule has 0 radical (unpaired) electrons. The van der Waals surface area contributed by atoms with Crippen LogP contribution in [0.5, 0.6) is 0 Å². The van der Waals surface area contributed by atoms with Gasteiger partial charge >= 0.3 is 19.1 Å². The van der Waals surface area contributed by atoms with Crippen LogP contribution in [-0.2, 0) is 30.1 Å². The fraction of sp³-hybridized carbons (Fsp3) is 0.462. The number of carbonyl (C=O) groups is 4. The van der Waals surface area contributed by atoms with Gasteiger partial charge < -0.3 is 19.9 Å². The van der Waals surface area contributed by atoms with Crippen molar-refractivity contribution in [2.24, 2.45) is 5.92 Å². The zero-order valence-electron chi connectivity index (χ0n) is 21.7. The summed E-state index contributed by atoms with van der Waals surface area (Å²) in [6.07, 6.45) is 5.72. The number of benzene rings is 1. The van der Waals surface area contributed by atoms with Crippen LogP contribution in [0.4, 0.5) is 0 Å². The molecule has 38 heavy (non-hydrogen) atoms. The van der Waals surface area contributed by atoms with Crippen LogP contribution in [0.25, 0.3) is 0 Å². The Morgan fingerprint density at radius 1 is 1.05 bits per heavy atom. The second-order valence-corrected chi connectivity index (χ2v) is 10.1. The van der Waals surface area contributed by atoms with E-state index in [1.54, 1.807) is 11.9 Å². The first-order valence-electron chi connectivity index (χ1n) is 12.8. The summed E-state index contributed by atoms with van der Waals surface area (Å²) in [4.78, 5) is 61.8. The second-order valence-electron chi connectivity index (χ2n) is 10.1. The maximum absolute atomic E-state index is 13.6. The minimum atomic E-state index is -1.29. The Morgan fingerprint density at radius 2 is 1.71 bits per heavy atom. The monoisotopic (exact) mass is 521 g/mol. The molecule has 1 unspecified atom stereocenters. The van der Waals surface area contributed by atoms with Crippen LogP contribution >= 0.6 is 0 Å². The van der Waals surface area contributed by atoms with Gasteiger partial charge in [0.05, 0.1) is 12.1 Å². The van der Waals surface area contributed by atoms with Crippen molar-refractivity contribution < 1.29 is 28.5 Å². The molecule has 2 amide bonds. The van der Waals surface area contributed by atoms with Crippen LogP contribution in [0.3, 0.4) is 0 Å². The molecule has 2 saturated heterocycles. The van der Waals surface area contributed by atoms with E-state index in [9.17, 15) is 19.2 Å². The van der Waals surface area contributed by atoms with Crippen LogP contribution in [0, 0.1) is 5.92 Å². The molecule has 2 aromatic rings. The number of carbonyl (C=O) groups excluding carboxylic acids is 4. The van der Waals surface area contributed by atoms with E-state index >= 15 is 0 Å². The lowest BCUT2D eigenvalue weighted by molar-refractivity contribution is -0.151. The lowest BCUT2D eigenvalue weighted by Gasteiger charge is -2.32. The SMILES string of the molecule is CC(C)C[C@H](NC(=O)C(Cc1ccccc1)NC(=O)c1cnccn1)B1OC(=O)[C@H]2CC[C@@H](C(=O)O1)N2C. The quantitative estimate of drug-likeness (QED) is 0.462. The Hall–Kier alpha value is -3.80. The molecule has 0 aliphatic carbocycles. The van der Waals surface area contributed by atoms with Gasteiger partial charge in [0.15, 0.2) is 0 Å². The van der Waals surface area contributed by atoms with E-state index < -0.39 is 54.9 Å². The maximum atomic E-state index is 13.6. The lowest BCUT2D eigenvalue weighted by Crippen LogP contribution is -2.59. The molecule has 0 spiro atoms. The predicted molar refractivity (Wildman–Crippen MR) is 137 cm³/mol. The van der Waals surface area contributed by atoms with E-state index in [1.165, 1.54) is 18.6 Å². The molecule has 12 heteroatoms. The highest BCUT2D eigenvalue weighted by molar-refractivity contribution is 6.51. The highest BCUT2D eigenvalue weighted by Crippen LogP contribution is 2.27. The van der Waals surface area contributed by atoms with Crippen LogP contribution in [0.15, 0.2) is 48.9 Å². The molecule has 2 bridgehead atoms. The number of rotatable bonds is 9. The number of nitrogens with zero attached hydrogens (tertiary/aromatic N) is 3. The van der Waals surface area contributed by atoms with Gasteiger partial charge in [-0.15, -0.1) is 0 Å². The van der Waals surface area contributed by atoms with E-state index in [1.807, 2.05) is 44.2 Å². The van der Waals surface area contributed by atoms with Crippen LogP contribution in [0.1, 0.15) is 49.2 Å². The zero-order valence-corrected chi connectivity index (χ0v) is 21.7. The Bertz CT molecular complexity index is 1130. The van der Waals surface area contributed by atoms with Gasteiger partial charge in [0, 0.05) is 18.8 Å². The van der Waals surface area contributed by atoms with Gasteiger partial charge in [-0.2, -0.15) is 0 Å². The summed E-state index contributed by atoms with van der Waals surface area (Å²) >= 11 is 0. The number of hydrogen-bond acceptors (Lipinski definition) is 9. The van der Waals surface area contributed by atoms with Crippen molar-refractivity contribution >= 4 is 30.9 Å². The first kappa shape index (κ1) is 27.2. The smallest absolute Gasteiger partial charge is 0.497 e. The Labute approximate surface area is 221 Å². The summed E-state index contributed by atoms with van der Waals surface area (Å²) in [7, 11) is 0.415. The number of hydrogen-bond donors (Lipinski definition) is 2. The largest absolute Gasteiger partial charge is 0.622 e. The molecule has 11 nitrogen and oxygen atoms in total. The minimum absolute atomic E-state index is 0.0690. The molecule has 3 heterocycles. The first-order valence-corrected chi connectivity index (χ1v) is 12.8. The molecule has 1 aromatic heterocycles. The number of amides is 2. The van der Waals surface area contributed by atoms with E-state index in [4.69, 9.17) is 9.31 Å². The predicted octanol–water partition coefficient (Wildman–Crippen LogP) is 0.939. The summed E-state index contributed by atoms with van der Waals surface area (Å²) in [5, 5.41) is 5.63. The maximum Gasteiger partial charge on any atom is 0.622 e. The first-order chi connectivity index (χ1) is 18.2. The third-order valence-electron chi connectivity index (χ3n) is 6.79. The number of likely N-dealkylation sites (N-methyl/N-ethyl adjacent to an activating group) is 1. The van der Waals surface area contributed by atoms with Gasteiger partial charge in [-0.3, -0.25) is 29.1 Å². The highest BCUT2D eigenvalue weighted by atomic mass is 16.6. The molecule has 2 N–H and O–H groups in total. The Kier molecular flexibility index (Phi) is 8.72. The van der Waals surface area contributed by atoms with Gasteiger partial charge in [0.2, 0.25) is 5.91 Å². The van der Waals surface area contributed by atoms with Crippen molar-refractivity contribution in [1.29, 1.82) is 0 Å².